The van der Waals surface area contributed by atoms with Gasteiger partial charge in [0.1, 0.15) is 0 Å². The summed E-state index contributed by atoms with van der Waals surface area (Å²) in [4.78, 5) is 0.307. The molecule has 2 aromatic carbocycles. The zero-order valence-electron chi connectivity index (χ0n) is 13.6. The van der Waals surface area contributed by atoms with Crippen molar-refractivity contribution in [2.75, 3.05) is 13.1 Å². The molecule has 1 fully saturated rings. The number of hydrogen-bond acceptors (Lipinski definition) is 3. The summed E-state index contributed by atoms with van der Waals surface area (Å²) in [7, 11) is -3.50. The monoisotopic (exact) mass is 365 g/mol. The van der Waals surface area contributed by atoms with E-state index in [1.54, 1.807) is 12.1 Å². The summed E-state index contributed by atoms with van der Waals surface area (Å²) < 4.78 is 32.8. The third-order valence-electron chi connectivity index (χ3n) is 4.06. The van der Waals surface area contributed by atoms with E-state index in [2.05, 4.69) is 0 Å². The van der Waals surface area contributed by atoms with Gasteiger partial charge in [-0.25, -0.2) is 8.42 Å². The third-order valence-corrected chi connectivity index (χ3v) is 6.15. The quantitative estimate of drug-likeness (QED) is 0.831. The molecular weight excluding hydrogens is 346 g/mol. The minimum absolute atomic E-state index is 0.100. The maximum atomic E-state index is 12.8. The zero-order valence-corrected chi connectivity index (χ0v) is 15.2. The number of rotatable bonds is 3. The van der Waals surface area contributed by atoms with Crippen LogP contribution in [0.1, 0.15) is 13.8 Å². The second-order valence-corrected chi connectivity index (χ2v) is 8.48. The first-order valence-electron chi connectivity index (χ1n) is 7.88. The Hall–Kier alpha value is -1.40. The summed E-state index contributed by atoms with van der Waals surface area (Å²) in [6, 6.07) is 14.4. The average Bonchev–Trinajstić information content (AvgIpc) is 2.55. The van der Waals surface area contributed by atoms with Gasteiger partial charge in [-0.3, -0.25) is 0 Å². The van der Waals surface area contributed by atoms with Gasteiger partial charge in [0.05, 0.1) is 17.1 Å². The van der Waals surface area contributed by atoms with Gasteiger partial charge in [0.15, 0.2) is 0 Å². The van der Waals surface area contributed by atoms with Gasteiger partial charge in [0.25, 0.3) is 0 Å². The third kappa shape index (κ3) is 3.64. The van der Waals surface area contributed by atoms with E-state index in [1.165, 1.54) is 4.31 Å². The highest BCUT2D eigenvalue weighted by Crippen LogP contribution is 2.25. The number of ether oxygens (including phenoxy) is 1. The van der Waals surface area contributed by atoms with Crippen LogP contribution in [-0.2, 0) is 14.8 Å². The maximum absolute atomic E-state index is 12.8. The van der Waals surface area contributed by atoms with Gasteiger partial charge in [-0.05, 0) is 49.2 Å². The number of benzene rings is 2. The first kappa shape index (κ1) is 17.4. The van der Waals surface area contributed by atoms with Crippen molar-refractivity contribution in [3.8, 4) is 11.1 Å². The molecule has 0 aliphatic carbocycles. The molecule has 0 N–H and O–H groups in total. The van der Waals surface area contributed by atoms with E-state index in [0.717, 1.165) is 11.1 Å². The van der Waals surface area contributed by atoms with Gasteiger partial charge < -0.3 is 4.74 Å². The number of hydrogen-bond donors (Lipinski definition) is 0. The van der Waals surface area contributed by atoms with Crippen molar-refractivity contribution < 1.29 is 13.2 Å². The molecule has 6 heteroatoms. The van der Waals surface area contributed by atoms with E-state index in [9.17, 15) is 8.42 Å². The second-order valence-electron chi connectivity index (χ2n) is 6.11. The van der Waals surface area contributed by atoms with E-state index in [4.69, 9.17) is 16.3 Å². The highest BCUT2D eigenvalue weighted by atomic mass is 35.5. The van der Waals surface area contributed by atoms with Crippen LogP contribution in [-0.4, -0.2) is 38.0 Å². The smallest absolute Gasteiger partial charge is 0.243 e. The fourth-order valence-corrected chi connectivity index (χ4v) is 4.65. The van der Waals surface area contributed by atoms with Crippen LogP contribution in [0.3, 0.4) is 0 Å². The van der Waals surface area contributed by atoms with Gasteiger partial charge in [-0.2, -0.15) is 4.31 Å². The fraction of sp³-hybridized carbons (Fsp3) is 0.333. The predicted octanol–water partition coefficient (Wildman–Crippen LogP) is 3.80. The van der Waals surface area contributed by atoms with Crippen LogP contribution in [0.15, 0.2) is 53.4 Å². The van der Waals surface area contributed by atoms with Crippen LogP contribution in [0.4, 0.5) is 0 Å². The van der Waals surface area contributed by atoms with Crippen LogP contribution >= 0.6 is 11.6 Å². The number of nitrogens with zero attached hydrogens (tertiary/aromatic N) is 1. The van der Waals surface area contributed by atoms with Crippen LogP contribution in [0.2, 0.25) is 5.02 Å². The molecule has 1 saturated heterocycles. The number of morpholine rings is 1. The lowest BCUT2D eigenvalue weighted by atomic mass is 10.1. The van der Waals surface area contributed by atoms with Crippen molar-refractivity contribution in [2.45, 2.75) is 31.0 Å². The number of halogens is 1. The van der Waals surface area contributed by atoms with E-state index < -0.39 is 10.0 Å². The van der Waals surface area contributed by atoms with Gasteiger partial charge in [-0.1, -0.05) is 35.9 Å². The molecule has 0 aromatic heterocycles. The molecule has 1 aliphatic heterocycles. The second kappa shape index (κ2) is 6.84. The van der Waals surface area contributed by atoms with Crippen LogP contribution in [0, 0.1) is 0 Å². The molecule has 3 rings (SSSR count). The molecule has 2 aromatic rings. The molecule has 0 radical (unpaired) electrons. The first-order chi connectivity index (χ1) is 11.4. The number of sulfonamides is 1. The first-order valence-corrected chi connectivity index (χ1v) is 9.69. The molecule has 1 heterocycles. The Balaban J connectivity index is 1.85. The fourth-order valence-electron chi connectivity index (χ4n) is 2.94. The van der Waals surface area contributed by atoms with Crippen molar-refractivity contribution in [3.63, 3.8) is 0 Å². The predicted molar refractivity (Wildman–Crippen MR) is 95.7 cm³/mol. The molecule has 0 amide bonds. The highest BCUT2D eigenvalue weighted by Gasteiger charge is 2.32. The lowest BCUT2D eigenvalue weighted by molar-refractivity contribution is -0.0440. The summed E-state index contributed by atoms with van der Waals surface area (Å²) in [6.45, 7) is 4.54. The van der Waals surface area contributed by atoms with Crippen LogP contribution in [0.25, 0.3) is 11.1 Å². The Morgan fingerprint density at radius 2 is 1.38 bits per heavy atom. The van der Waals surface area contributed by atoms with E-state index in [0.29, 0.717) is 23.0 Å². The van der Waals surface area contributed by atoms with Crippen LogP contribution in [0.5, 0.6) is 0 Å². The largest absolute Gasteiger partial charge is 0.373 e. The van der Waals surface area contributed by atoms with Crippen LogP contribution < -0.4 is 0 Å². The highest BCUT2D eigenvalue weighted by molar-refractivity contribution is 7.89. The van der Waals surface area contributed by atoms with E-state index in [1.807, 2.05) is 50.2 Å². The molecule has 0 spiro atoms. The van der Waals surface area contributed by atoms with Crippen molar-refractivity contribution in [1.29, 1.82) is 0 Å². The molecule has 0 saturated carbocycles. The van der Waals surface area contributed by atoms with Crippen molar-refractivity contribution >= 4 is 21.6 Å². The van der Waals surface area contributed by atoms with Gasteiger partial charge in [0, 0.05) is 18.1 Å². The summed E-state index contributed by atoms with van der Waals surface area (Å²) in [6.07, 6.45) is -0.200. The normalized spacial score (nSPS) is 22.5. The van der Waals surface area contributed by atoms with Crippen molar-refractivity contribution in [1.82, 2.24) is 4.31 Å². The summed E-state index contributed by atoms with van der Waals surface area (Å²) in [5, 5.41) is 0.675. The molecular formula is C18H20ClNO3S. The molecule has 1 aliphatic rings. The van der Waals surface area contributed by atoms with Gasteiger partial charge >= 0.3 is 0 Å². The average molecular weight is 366 g/mol. The zero-order chi connectivity index (χ0) is 17.3. The lowest BCUT2D eigenvalue weighted by Crippen LogP contribution is -2.48. The topological polar surface area (TPSA) is 46.6 Å². The van der Waals surface area contributed by atoms with Gasteiger partial charge in [-0.15, -0.1) is 0 Å². The molecule has 0 unspecified atom stereocenters. The van der Waals surface area contributed by atoms with E-state index in [-0.39, 0.29) is 12.2 Å². The van der Waals surface area contributed by atoms with Crippen molar-refractivity contribution in [2.24, 2.45) is 0 Å². The lowest BCUT2D eigenvalue weighted by Gasteiger charge is -2.34. The Labute approximate surface area is 148 Å². The SMILES string of the molecule is C[C@H]1CN(S(=O)(=O)c2ccc(-c3ccc(Cl)cc3)cc2)C[C@H](C)O1. The summed E-state index contributed by atoms with van der Waals surface area (Å²) >= 11 is 5.90. The Kier molecular flexibility index (Phi) is 4.97. The Bertz CT molecular complexity index is 793. The minimum atomic E-state index is -3.50. The van der Waals surface area contributed by atoms with Crippen molar-refractivity contribution in [3.05, 3.63) is 53.6 Å². The standard InChI is InChI=1S/C18H20ClNO3S/c1-13-11-20(12-14(2)23-13)24(21,22)18-9-5-16(6-10-18)15-3-7-17(19)8-4-15/h3-10,13-14H,11-12H2,1-2H3/t13-,14-/m0/s1. The Morgan fingerprint density at radius 1 is 0.917 bits per heavy atom. The van der Waals surface area contributed by atoms with E-state index >= 15 is 0 Å². The maximum Gasteiger partial charge on any atom is 0.243 e. The Morgan fingerprint density at radius 3 is 1.88 bits per heavy atom. The summed E-state index contributed by atoms with van der Waals surface area (Å²) in [5.41, 5.74) is 1.95. The summed E-state index contributed by atoms with van der Waals surface area (Å²) in [5.74, 6) is 0. The molecule has 128 valence electrons. The molecule has 24 heavy (non-hydrogen) atoms. The minimum Gasteiger partial charge on any atom is -0.373 e. The molecule has 2 atom stereocenters. The molecule has 4 nitrogen and oxygen atoms in total. The molecule has 0 bridgehead atoms. The van der Waals surface area contributed by atoms with Gasteiger partial charge in [0.2, 0.25) is 10.0 Å².